The number of nitrogens with zero attached hydrogens (tertiary/aromatic N) is 4. The Balaban J connectivity index is 1.55. The number of sulfonamides is 1. The van der Waals surface area contributed by atoms with Gasteiger partial charge in [0.2, 0.25) is 5.91 Å². The zero-order valence-electron chi connectivity index (χ0n) is 25.2. The smallest absolute Gasteiger partial charge is 0.323 e. The summed E-state index contributed by atoms with van der Waals surface area (Å²) in [6.45, 7) is -1.30. The van der Waals surface area contributed by atoms with Crippen molar-refractivity contribution in [3.63, 3.8) is 0 Å². The van der Waals surface area contributed by atoms with Crippen molar-refractivity contribution in [2.75, 3.05) is 24.4 Å². The van der Waals surface area contributed by atoms with Crippen molar-refractivity contribution < 1.29 is 27.9 Å². The van der Waals surface area contributed by atoms with Crippen LogP contribution in [0.4, 0.5) is 5.69 Å². The summed E-state index contributed by atoms with van der Waals surface area (Å²) in [7, 11) is -1.37. The standard InChI is InChI=1S/C33H32N6O6S/c1-37-18-26(28(40)15-10-21-8-11-23(12-9-21)33(34)35)25-17-24(13-14-27(25)37)39(19-30(41)38(2)20-31(42)43)46(44,45)29-7-3-5-22-6-4-16-36-32(22)29/h3-9,11-14,16-18H,10,15,19-20H2,1-2H3,(H3,34,35)(H,42,43). The van der Waals surface area contributed by atoms with E-state index >= 15 is 0 Å². The Labute approximate surface area is 265 Å². The van der Waals surface area contributed by atoms with Gasteiger partial charge in [-0.15, -0.1) is 0 Å². The Morgan fingerprint density at radius 3 is 2.41 bits per heavy atom. The number of amidine groups is 1. The van der Waals surface area contributed by atoms with Crippen molar-refractivity contribution in [1.29, 1.82) is 5.41 Å². The number of aliphatic carboxylic acids is 1. The van der Waals surface area contributed by atoms with Gasteiger partial charge in [0.1, 0.15) is 23.8 Å². The highest BCUT2D eigenvalue weighted by Crippen LogP contribution is 2.32. The lowest BCUT2D eigenvalue weighted by Gasteiger charge is -2.26. The molecule has 1 amide bonds. The highest BCUT2D eigenvalue weighted by Gasteiger charge is 2.31. The number of likely N-dealkylation sites (N-methyl/N-ethyl adjacent to an activating group) is 1. The maximum atomic E-state index is 14.3. The number of carboxylic acid groups (broad SMARTS) is 1. The van der Waals surface area contributed by atoms with Gasteiger partial charge >= 0.3 is 5.97 Å². The molecule has 0 atom stereocenters. The fourth-order valence-electron chi connectivity index (χ4n) is 5.25. The maximum absolute atomic E-state index is 14.3. The van der Waals surface area contributed by atoms with Crippen molar-refractivity contribution in [1.82, 2.24) is 14.5 Å². The van der Waals surface area contributed by atoms with Crippen molar-refractivity contribution in [2.45, 2.75) is 17.7 Å². The van der Waals surface area contributed by atoms with Crippen LogP contribution in [0.3, 0.4) is 0 Å². The lowest BCUT2D eigenvalue weighted by atomic mass is 10.0. The average Bonchev–Trinajstić information content (AvgIpc) is 3.37. The number of nitrogens with one attached hydrogen (secondary N) is 1. The third-order valence-corrected chi connectivity index (χ3v) is 9.51. The Bertz CT molecular complexity index is 2100. The fourth-order valence-corrected chi connectivity index (χ4v) is 6.83. The Morgan fingerprint density at radius 2 is 1.72 bits per heavy atom. The topological polar surface area (TPSA) is 180 Å². The van der Waals surface area contributed by atoms with Crippen LogP contribution < -0.4 is 10.0 Å². The van der Waals surface area contributed by atoms with Gasteiger partial charge in [-0.1, -0.05) is 42.5 Å². The van der Waals surface area contributed by atoms with E-state index in [-0.39, 0.29) is 34.1 Å². The van der Waals surface area contributed by atoms with Gasteiger partial charge in [-0.3, -0.25) is 29.1 Å². The predicted molar refractivity (Wildman–Crippen MR) is 175 cm³/mol. The third kappa shape index (κ3) is 6.44. The number of Topliss-reactive ketones (excluding diaryl/α,β-unsaturated/α-hetero) is 1. The molecule has 0 saturated heterocycles. The van der Waals surface area contributed by atoms with Gasteiger partial charge in [-0.05, 0) is 42.3 Å². The number of fused-ring (bicyclic) bond motifs is 2. The van der Waals surface area contributed by atoms with Crippen molar-refractivity contribution in [2.24, 2.45) is 12.8 Å². The van der Waals surface area contributed by atoms with E-state index < -0.39 is 35.0 Å². The first-order valence-corrected chi connectivity index (χ1v) is 15.7. The molecule has 5 aromatic rings. The molecule has 3 aromatic carbocycles. The molecule has 0 fully saturated rings. The van der Waals surface area contributed by atoms with Crippen LogP contribution in [-0.2, 0) is 33.1 Å². The van der Waals surface area contributed by atoms with E-state index in [1.807, 2.05) is 12.1 Å². The average molecular weight is 641 g/mol. The highest BCUT2D eigenvalue weighted by molar-refractivity contribution is 7.93. The monoisotopic (exact) mass is 640 g/mol. The SMILES string of the molecule is CN(CC(=O)O)C(=O)CN(c1ccc2c(c1)c(C(=O)CCc1ccc(C(=N)N)cc1)cn2C)S(=O)(=O)c1cccc2cccnc12. The Kier molecular flexibility index (Phi) is 8.87. The van der Waals surface area contributed by atoms with Gasteiger partial charge in [0, 0.05) is 60.3 Å². The van der Waals surface area contributed by atoms with Crippen molar-refractivity contribution in [3.05, 3.63) is 102 Å². The summed E-state index contributed by atoms with van der Waals surface area (Å²) in [5.41, 5.74) is 8.42. The molecule has 2 heterocycles. The van der Waals surface area contributed by atoms with Crippen molar-refractivity contribution >= 4 is 61.0 Å². The lowest BCUT2D eigenvalue weighted by Crippen LogP contribution is -2.43. The number of hydrogen-bond donors (Lipinski definition) is 3. The van der Waals surface area contributed by atoms with Crippen LogP contribution in [0.5, 0.6) is 0 Å². The molecule has 12 nitrogen and oxygen atoms in total. The number of anilines is 1. The van der Waals surface area contributed by atoms with Gasteiger partial charge in [-0.25, -0.2) is 8.42 Å². The van der Waals surface area contributed by atoms with E-state index in [9.17, 15) is 27.9 Å². The number of aromatic nitrogens is 2. The first-order valence-electron chi connectivity index (χ1n) is 14.2. The van der Waals surface area contributed by atoms with Gasteiger partial charge in [-0.2, -0.15) is 0 Å². The summed E-state index contributed by atoms with van der Waals surface area (Å²) >= 11 is 0. The number of pyridine rings is 1. The van der Waals surface area contributed by atoms with Gasteiger partial charge in [0.25, 0.3) is 10.0 Å². The predicted octanol–water partition coefficient (Wildman–Crippen LogP) is 3.56. The Morgan fingerprint density at radius 1 is 1.00 bits per heavy atom. The third-order valence-electron chi connectivity index (χ3n) is 7.71. The molecular formula is C33H32N6O6S. The second kappa shape index (κ2) is 12.8. The van der Waals surface area contributed by atoms with Crippen LogP contribution >= 0.6 is 0 Å². The number of amides is 1. The molecule has 0 aliphatic heterocycles. The van der Waals surface area contributed by atoms with Crippen molar-refractivity contribution in [3.8, 4) is 0 Å². The minimum absolute atomic E-state index is 0.0443. The van der Waals surface area contributed by atoms with E-state index in [1.165, 1.54) is 19.3 Å². The quantitative estimate of drug-likeness (QED) is 0.105. The minimum Gasteiger partial charge on any atom is -0.480 e. The lowest BCUT2D eigenvalue weighted by molar-refractivity contribution is -0.142. The molecule has 0 bridgehead atoms. The highest BCUT2D eigenvalue weighted by atomic mass is 32.2. The molecule has 0 saturated carbocycles. The summed E-state index contributed by atoms with van der Waals surface area (Å²) in [6, 6.07) is 20.0. The second-order valence-corrected chi connectivity index (χ2v) is 12.7. The summed E-state index contributed by atoms with van der Waals surface area (Å²) < 4.78 is 31.3. The Hall–Kier alpha value is -5.56. The number of carbonyl (C=O) groups is 3. The number of benzene rings is 3. The number of rotatable bonds is 12. The number of carbonyl (C=O) groups excluding carboxylic acids is 2. The number of para-hydroxylation sites is 1. The van der Waals surface area contributed by atoms with Gasteiger partial charge in [0.15, 0.2) is 5.78 Å². The molecule has 2 aromatic heterocycles. The molecule has 13 heteroatoms. The fraction of sp³-hybridized carbons (Fsp3) is 0.182. The number of hydrogen-bond acceptors (Lipinski definition) is 7. The van der Waals surface area contributed by atoms with E-state index in [0.29, 0.717) is 33.8 Å². The van der Waals surface area contributed by atoms with Gasteiger partial charge < -0.3 is 20.3 Å². The van der Waals surface area contributed by atoms with Crippen LogP contribution in [-0.4, -0.2) is 71.6 Å². The number of ketones is 1. The van der Waals surface area contributed by atoms with Crippen LogP contribution in [0, 0.1) is 5.41 Å². The number of nitrogen functional groups attached to an aromatic ring is 1. The van der Waals surface area contributed by atoms with Crippen LogP contribution in [0.2, 0.25) is 0 Å². The van der Waals surface area contributed by atoms with Gasteiger partial charge in [0.05, 0.1) is 11.2 Å². The minimum atomic E-state index is -4.43. The zero-order chi connectivity index (χ0) is 33.2. The second-order valence-electron chi connectivity index (χ2n) is 10.9. The largest absolute Gasteiger partial charge is 0.480 e. The molecule has 0 unspecified atom stereocenters. The van der Waals surface area contributed by atoms with E-state index in [0.717, 1.165) is 14.8 Å². The normalized spacial score (nSPS) is 11.4. The van der Waals surface area contributed by atoms with E-state index in [2.05, 4.69) is 4.98 Å². The molecule has 5 rings (SSSR count). The number of aryl methyl sites for hydroxylation is 2. The number of carboxylic acids is 1. The van der Waals surface area contributed by atoms with Crippen LogP contribution in [0.15, 0.2) is 90.1 Å². The molecule has 0 aliphatic rings. The first kappa shape index (κ1) is 31.9. The molecule has 0 spiro atoms. The van der Waals surface area contributed by atoms with Crippen LogP contribution in [0.1, 0.15) is 27.9 Å². The zero-order valence-corrected chi connectivity index (χ0v) is 26.0. The number of nitrogens with two attached hydrogens (primary N) is 1. The van der Waals surface area contributed by atoms with E-state index in [1.54, 1.807) is 72.4 Å². The summed E-state index contributed by atoms with van der Waals surface area (Å²) in [5.74, 6) is -2.19. The molecule has 0 radical (unpaired) electrons. The molecule has 4 N–H and O–H groups in total. The molecule has 0 aliphatic carbocycles. The molecule has 236 valence electrons. The van der Waals surface area contributed by atoms with E-state index in [4.69, 9.17) is 11.1 Å². The van der Waals surface area contributed by atoms with Crippen LogP contribution in [0.25, 0.3) is 21.8 Å². The molecule has 46 heavy (non-hydrogen) atoms. The molecular weight excluding hydrogens is 608 g/mol. The first-order chi connectivity index (χ1) is 21.9. The maximum Gasteiger partial charge on any atom is 0.323 e. The summed E-state index contributed by atoms with van der Waals surface area (Å²) in [5, 5.41) is 17.9. The summed E-state index contributed by atoms with van der Waals surface area (Å²) in [4.78, 5) is 43.1. The summed E-state index contributed by atoms with van der Waals surface area (Å²) in [6.07, 6.45) is 3.77.